The lowest BCUT2D eigenvalue weighted by molar-refractivity contribution is -0.684. The number of carbonyl (C=O) groups is 1. The van der Waals surface area contributed by atoms with E-state index in [9.17, 15) is 4.79 Å². The molecule has 132 valence electrons. The predicted molar refractivity (Wildman–Crippen MR) is 103 cm³/mol. The summed E-state index contributed by atoms with van der Waals surface area (Å²) in [6, 6.07) is 19.5. The summed E-state index contributed by atoms with van der Waals surface area (Å²) in [5.74, 6) is 0.458. The molecule has 0 aliphatic heterocycles. The molecule has 0 aliphatic rings. The third-order valence-corrected chi connectivity index (χ3v) is 4.27. The van der Waals surface area contributed by atoms with Crippen LogP contribution in [0.4, 0.5) is 5.69 Å². The van der Waals surface area contributed by atoms with E-state index in [1.165, 1.54) is 11.1 Å². The van der Waals surface area contributed by atoms with Gasteiger partial charge in [-0.3, -0.25) is 4.79 Å². The standard InChI is InChI=1S/C21H19ClN2O2/c1-26-20-8-7-18(14-19(20)22)23-21(25)15-24-11-9-17(10-12-24)13-16-5-3-2-4-6-16/h2-12,14H,13,15H2,1H3/p+1. The van der Waals surface area contributed by atoms with Gasteiger partial charge in [-0.15, -0.1) is 0 Å². The van der Waals surface area contributed by atoms with E-state index in [0.29, 0.717) is 16.5 Å². The number of ether oxygens (including phenoxy) is 1. The van der Waals surface area contributed by atoms with Gasteiger partial charge in [-0.2, -0.15) is 4.57 Å². The topological polar surface area (TPSA) is 42.2 Å². The Kier molecular flexibility index (Phi) is 5.87. The molecule has 0 saturated carbocycles. The largest absolute Gasteiger partial charge is 0.495 e. The van der Waals surface area contributed by atoms with Crippen LogP contribution in [0.5, 0.6) is 5.75 Å². The normalized spacial score (nSPS) is 10.4. The van der Waals surface area contributed by atoms with Gasteiger partial charge in [0.15, 0.2) is 12.4 Å². The summed E-state index contributed by atoms with van der Waals surface area (Å²) in [6.45, 7) is 0.231. The van der Waals surface area contributed by atoms with Crippen LogP contribution in [0.3, 0.4) is 0 Å². The number of hydrogen-bond donors (Lipinski definition) is 1. The molecule has 1 N–H and O–H groups in total. The zero-order valence-electron chi connectivity index (χ0n) is 14.5. The van der Waals surface area contributed by atoms with Gasteiger partial charge in [-0.1, -0.05) is 41.9 Å². The van der Waals surface area contributed by atoms with Crippen molar-refractivity contribution in [1.29, 1.82) is 0 Å². The molecule has 0 spiro atoms. The Bertz CT molecular complexity index is 880. The molecule has 0 bridgehead atoms. The number of nitrogens with zero attached hydrogens (tertiary/aromatic N) is 1. The molecule has 0 radical (unpaired) electrons. The second kappa shape index (κ2) is 8.50. The molecule has 0 aliphatic carbocycles. The van der Waals surface area contributed by atoms with Crippen LogP contribution in [0.25, 0.3) is 0 Å². The Balaban J connectivity index is 1.58. The van der Waals surface area contributed by atoms with Gasteiger partial charge in [0, 0.05) is 17.8 Å². The van der Waals surface area contributed by atoms with Crippen LogP contribution in [0.15, 0.2) is 73.1 Å². The molecular weight excluding hydrogens is 348 g/mol. The number of methoxy groups -OCH3 is 1. The van der Waals surface area contributed by atoms with E-state index in [1.54, 1.807) is 25.3 Å². The summed E-state index contributed by atoms with van der Waals surface area (Å²) in [4.78, 5) is 12.2. The van der Waals surface area contributed by atoms with Crippen molar-refractivity contribution in [2.75, 3.05) is 12.4 Å². The molecule has 5 heteroatoms. The first-order valence-corrected chi connectivity index (χ1v) is 8.67. The van der Waals surface area contributed by atoms with Gasteiger partial charge in [-0.25, -0.2) is 0 Å². The third-order valence-electron chi connectivity index (χ3n) is 3.97. The Morgan fingerprint density at radius 1 is 1.04 bits per heavy atom. The van der Waals surface area contributed by atoms with E-state index in [4.69, 9.17) is 16.3 Å². The number of benzene rings is 2. The number of hydrogen-bond acceptors (Lipinski definition) is 2. The minimum absolute atomic E-state index is 0.118. The van der Waals surface area contributed by atoms with Crippen molar-refractivity contribution in [3.8, 4) is 5.75 Å². The molecule has 0 unspecified atom stereocenters. The molecule has 4 nitrogen and oxygen atoms in total. The van der Waals surface area contributed by atoms with E-state index in [1.807, 2.05) is 47.3 Å². The molecule has 1 aromatic heterocycles. The highest BCUT2D eigenvalue weighted by Crippen LogP contribution is 2.27. The molecule has 2 aromatic carbocycles. The number of halogens is 1. The van der Waals surface area contributed by atoms with Crippen molar-refractivity contribution in [2.45, 2.75) is 13.0 Å². The van der Waals surface area contributed by atoms with Crippen LogP contribution >= 0.6 is 11.6 Å². The monoisotopic (exact) mass is 367 g/mol. The van der Waals surface area contributed by atoms with Crippen LogP contribution in [0.1, 0.15) is 11.1 Å². The minimum atomic E-state index is -0.118. The average molecular weight is 368 g/mol. The number of pyridine rings is 1. The fourth-order valence-corrected chi connectivity index (χ4v) is 2.91. The van der Waals surface area contributed by atoms with E-state index in [2.05, 4.69) is 17.4 Å². The fourth-order valence-electron chi connectivity index (χ4n) is 2.65. The van der Waals surface area contributed by atoms with Crippen molar-refractivity contribution >= 4 is 23.2 Å². The number of carbonyl (C=O) groups excluding carboxylic acids is 1. The van der Waals surface area contributed by atoms with E-state index in [-0.39, 0.29) is 12.5 Å². The lowest BCUT2D eigenvalue weighted by Crippen LogP contribution is -2.39. The van der Waals surface area contributed by atoms with E-state index in [0.717, 1.165) is 6.42 Å². The minimum Gasteiger partial charge on any atom is -0.495 e. The average Bonchev–Trinajstić information content (AvgIpc) is 2.64. The first-order valence-electron chi connectivity index (χ1n) is 8.29. The quantitative estimate of drug-likeness (QED) is 0.672. The summed E-state index contributed by atoms with van der Waals surface area (Å²) in [5.41, 5.74) is 3.11. The van der Waals surface area contributed by atoms with Gasteiger partial charge >= 0.3 is 0 Å². The molecule has 0 fully saturated rings. The predicted octanol–water partition coefficient (Wildman–Crippen LogP) is 3.87. The molecule has 0 saturated heterocycles. The highest BCUT2D eigenvalue weighted by Gasteiger charge is 2.11. The highest BCUT2D eigenvalue weighted by molar-refractivity contribution is 6.32. The number of anilines is 1. The second-order valence-electron chi connectivity index (χ2n) is 5.94. The molecule has 0 atom stereocenters. The van der Waals surface area contributed by atoms with Gasteiger partial charge in [0.2, 0.25) is 6.54 Å². The van der Waals surface area contributed by atoms with E-state index >= 15 is 0 Å². The van der Waals surface area contributed by atoms with Gasteiger partial charge < -0.3 is 10.1 Å². The van der Waals surface area contributed by atoms with Crippen molar-refractivity contribution in [1.82, 2.24) is 0 Å². The van der Waals surface area contributed by atoms with Gasteiger partial charge in [0.05, 0.1) is 12.1 Å². The van der Waals surface area contributed by atoms with Crippen LogP contribution in [0, 0.1) is 0 Å². The zero-order valence-corrected chi connectivity index (χ0v) is 15.2. The van der Waals surface area contributed by atoms with Crippen molar-refractivity contribution in [3.05, 3.63) is 89.2 Å². The van der Waals surface area contributed by atoms with Crippen LogP contribution in [-0.2, 0) is 17.8 Å². The number of nitrogens with one attached hydrogen (secondary N) is 1. The molecular formula is C21H20ClN2O2+. The van der Waals surface area contributed by atoms with Crippen LogP contribution in [0.2, 0.25) is 5.02 Å². The summed E-state index contributed by atoms with van der Waals surface area (Å²) >= 11 is 6.08. The zero-order chi connectivity index (χ0) is 18.4. The number of rotatable bonds is 6. The molecule has 1 amide bonds. The summed E-state index contributed by atoms with van der Waals surface area (Å²) in [7, 11) is 1.55. The third kappa shape index (κ3) is 4.83. The summed E-state index contributed by atoms with van der Waals surface area (Å²) in [5, 5.41) is 3.30. The second-order valence-corrected chi connectivity index (χ2v) is 6.35. The van der Waals surface area contributed by atoms with Crippen LogP contribution < -0.4 is 14.6 Å². The maximum atomic E-state index is 12.2. The molecule has 3 aromatic rings. The van der Waals surface area contributed by atoms with Gasteiger partial charge in [0.25, 0.3) is 5.91 Å². The van der Waals surface area contributed by atoms with Crippen molar-refractivity contribution in [3.63, 3.8) is 0 Å². The smallest absolute Gasteiger partial charge is 0.290 e. The van der Waals surface area contributed by atoms with Gasteiger partial charge in [0.1, 0.15) is 5.75 Å². The SMILES string of the molecule is COc1ccc(NC(=O)C[n+]2ccc(Cc3ccccc3)cc2)cc1Cl. The first-order chi connectivity index (χ1) is 12.6. The lowest BCUT2D eigenvalue weighted by Gasteiger charge is -2.07. The summed E-state index contributed by atoms with van der Waals surface area (Å²) < 4.78 is 6.95. The fraction of sp³-hybridized carbons (Fsp3) is 0.143. The lowest BCUT2D eigenvalue weighted by atomic mass is 10.1. The Hall–Kier alpha value is -2.85. The molecule has 1 heterocycles. The number of aromatic nitrogens is 1. The van der Waals surface area contributed by atoms with Crippen molar-refractivity contribution < 1.29 is 14.1 Å². The maximum Gasteiger partial charge on any atom is 0.290 e. The van der Waals surface area contributed by atoms with E-state index < -0.39 is 0 Å². The molecule has 26 heavy (non-hydrogen) atoms. The van der Waals surface area contributed by atoms with Crippen LogP contribution in [-0.4, -0.2) is 13.0 Å². The molecule has 3 rings (SSSR count). The Labute approximate surface area is 158 Å². The summed E-state index contributed by atoms with van der Waals surface area (Å²) in [6.07, 6.45) is 4.70. The Morgan fingerprint density at radius 2 is 1.73 bits per heavy atom. The first kappa shape index (κ1) is 18.0. The van der Waals surface area contributed by atoms with Gasteiger partial charge in [-0.05, 0) is 35.7 Å². The Morgan fingerprint density at radius 3 is 2.38 bits per heavy atom. The van der Waals surface area contributed by atoms with Crippen molar-refractivity contribution in [2.24, 2.45) is 0 Å². The maximum absolute atomic E-state index is 12.2. The number of amides is 1. The highest BCUT2D eigenvalue weighted by atomic mass is 35.5.